The molecule has 2 atom stereocenters. The van der Waals surface area contributed by atoms with Crippen LogP contribution in [0.2, 0.25) is 0 Å². The Morgan fingerprint density at radius 3 is 2.48 bits per heavy atom. The van der Waals surface area contributed by atoms with Gasteiger partial charge in [-0.1, -0.05) is 46.1 Å². The molecule has 4 rings (SSSR count). The number of carbonyl (C=O) groups is 1. The first-order valence-corrected chi connectivity index (χ1v) is 12.4. The maximum Gasteiger partial charge on any atom is 0.416 e. The van der Waals surface area contributed by atoms with E-state index in [4.69, 9.17) is 4.74 Å². The minimum Gasteiger partial charge on any atom is -0.380 e. The van der Waals surface area contributed by atoms with Gasteiger partial charge < -0.3 is 15.0 Å². The number of rotatable bonds is 6. The molecule has 2 aliphatic heterocycles. The van der Waals surface area contributed by atoms with Gasteiger partial charge in [-0.3, -0.25) is 4.79 Å². The van der Waals surface area contributed by atoms with E-state index in [1.54, 1.807) is 11.0 Å². The van der Waals surface area contributed by atoms with Crippen LogP contribution in [0.5, 0.6) is 0 Å². The average Bonchev–Trinajstić information content (AvgIpc) is 3.24. The molecule has 2 fully saturated rings. The zero-order valence-corrected chi connectivity index (χ0v) is 20.3. The molecule has 3 aliphatic rings. The number of halogens is 3. The topological polar surface area (TPSA) is 41.6 Å². The maximum atomic E-state index is 13.0. The molecule has 1 aromatic rings. The Kier molecular flexibility index (Phi) is 8.84. The second kappa shape index (κ2) is 11.2. The third-order valence-corrected chi connectivity index (χ3v) is 7.07. The van der Waals surface area contributed by atoms with Gasteiger partial charge >= 0.3 is 6.18 Å². The molecule has 1 unspecified atom stereocenters. The number of amides is 1. The van der Waals surface area contributed by atoms with Crippen LogP contribution >= 0.6 is 0 Å². The first kappa shape index (κ1) is 26.0. The summed E-state index contributed by atoms with van der Waals surface area (Å²) in [5.41, 5.74) is 1.10. The van der Waals surface area contributed by atoms with Crippen molar-refractivity contribution < 1.29 is 22.7 Å². The van der Waals surface area contributed by atoms with E-state index >= 15 is 0 Å². The van der Waals surface area contributed by atoms with E-state index in [-0.39, 0.29) is 23.8 Å². The van der Waals surface area contributed by atoms with Crippen molar-refractivity contribution in [2.45, 2.75) is 84.5 Å². The minimum absolute atomic E-state index is 0.0321. The van der Waals surface area contributed by atoms with Gasteiger partial charge in [-0.25, -0.2) is 0 Å². The van der Waals surface area contributed by atoms with Gasteiger partial charge in [0.25, 0.3) is 0 Å². The van der Waals surface area contributed by atoms with Crippen LogP contribution in [0, 0.1) is 11.3 Å². The van der Waals surface area contributed by atoms with Gasteiger partial charge in [0.15, 0.2) is 0 Å². The molecule has 0 spiro atoms. The van der Waals surface area contributed by atoms with Crippen LogP contribution in [0.15, 0.2) is 18.2 Å². The standard InChI is InChI=1S/C21H27F3N2O2.C5H12/c1-20(12-28-13-20)11-25-18-5-3-15(9-18)19(27)26-7-6-14-2-4-17(21(22,23)24)8-16(14)10-26;1-3-5-4-2/h2,4,8,15,18,25H,3,5-7,9-13H2,1H3;3-5H2,1-2H3/t15-,18?;/m0./s1. The lowest BCUT2D eigenvalue weighted by Gasteiger charge is -2.39. The lowest BCUT2D eigenvalue weighted by atomic mass is 9.88. The van der Waals surface area contributed by atoms with E-state index in [2.05, 4.69) is 26.1 Å². The van der Waals surface area contributed by atoms with Crippen LogP contribution in [0.4, 0.5) is 13.2 Å². The fourth-order valence-electron chi connectivity index (χ4n) is 4.87. The molecule has 1 saturated heterocycles. The van der Waals surface area contributed by atoms with E-state index in [9.17, 15) is 18.0 Å². The second-order valence-electron chi connectivity index (χ2n) is 10.2. The van der Waals surface area contributed by atoms with Crippen LogP contribution < -0.4 is 5.32 Å². The Labute approximate surface area is 196 Å². The lowest BCUT2D eigenvalue weighted by Crippen LogP contribution is -2.49. The van der Waals surface area contributed by atoms with Crippen LogP contribution in [0.25, 0.3) is 0 Å². The molecule has 4 nitrogen and oxygen atoms in total. The molecule has 1 aliphatic carbocycles. The molecule has 186 valence electrons. The Hall–Kier alpha value is -1.60. The molecule has 2 heterocycles. The summed E-state index contributed by atoms with van der Waals surface area (Å²) in [6.07, 6.45) is 2.96. The highest BCUT2D eigenvalue weighted by Gasteiger charge is 2.37. The van der Waals surface area contributed by atoms with Gasteiger partial charge in [0.2, 0.25) is 5.91 Å². The number of hydrogen-bond donors (Lipinski definition) is 1. The fraction of sp³-hybridized carbons (Fsp3) is 0.731. The molecule has 0 radical (unpaired) electrons. The molecule has 1 N–H and O–H groups in total. The SMILES string of the molecule is CC1(CNC2CC[C@H](C(=O)N3CCc4ccc(C(F)(F)F)cc4C3)C2)COC1.CCCCC. The number of carbonyl (C=O) groups excluding carboxylic acids is 1. The molecule has 0 aromatic heterocycles. The maximum absolute atomic E-state index is 13.0. The fourth-order valence-corrected chi connectivity index (χ4v) is 4.87. The zero-order valence-electron chi connectivity index (χ0n) is 20.3. The number of fused-ring (bicyclic) bond motifs is 1. The summed E-state index contributed by atoms with van der Waals surface area (Å²) >= 11 is 0. The normalized spacial score (nSPS) is 23.9. The number of hydrogen-bond acceptors (Lipinski definition) is 3. The Balaban J connectivity index is 0.000000555. The van der Waals surface area contributed by atoms with Crippen LogP contribution in [0.3, 0.4) is 0 Å². The average molecular weight is 469 g/mol. The number of nitrogens with one attached hydrogen (secondary N) is 1. The predicted octanol–water partition coefficient (Wildman–Crippen LogP) is 5.58. The predicted molar refractivity (Wildman–Crippen MR) is 124 cm³/mol. The third-order valence-electron chi connectivity index (χ3n) is 7.07. The van der Waals surface area contributed by atoms with E-state index in [1.807, 2.05) is 0 Å². The van der Waals surface area contributed by atoms with Crippen molar-refractivity contribution in [3.8, 4) is 0 Å². The number of nitrogens with zero attached hydrogens (tertiary/aromatic N) is 1. The first-order valence-electron chi connectivity index (χ1n) is 12.4. The van der Waals surface area contributed by atoms with Gasteiger partial charge in [-0.05, 0) is 48.9 Å². The lowest BCUT2D eigenvalue weighted by molar-refractivity contribution is -0.137. The summed E-state index contributed by atoms with van der Waals surface area (Å²) in [4.78, 5) is 14.7. The highest BCUT2D eigenvalue weighted by Crippen LogP contribution is 2.34. The molecule has 1 saturated carbocycles. The molecule has 1 amide bonds. The Morgan fingerprint density at radius 2 is 1.91 bits per heavy atom. The summed E-state index contributed by atoms with van der Waals surface area (Å²) in [5, 5.41) is 3.58. The molecular formula is C26H39F3N2O2. The summed E-state index contributed by atoms with van der Waals surface area (Å²) < 4.78 is 44.3. The highest BCUT2D eigenvalue weighted by molar-refractivity contribution is 5.79. The highest BCUT2D eigenvalue weighted by atomic mass is 19.4. The van der Waals surface area contributed by atoms with E-state index in [0.29, 0.717) is 24.6 Å². The third kappa shape index (κ3) is 6.95. The Bertz CT molecular complexity index is 790. The van der Waals surface area contributed by atoms with Gasteiger partial charge in [-0.15, -0.1) is 0 Å². The van der Waals surface area contributed by atoms with E-state index in [1.165, 1.54) is 25.3 Å². The molecular weight excluding hydrogens is 429 g/mol. The largest absolute Gasteiger partial charge is 0.416 e. The van der Waals surface area contributed by atoms with Gasteiger partial charge in [0, 0.05) is 37.0 Å². The van der Waals surface area contributed by atoms with Gasteiger partial charge in [-0.2, -0.15) is 13.2 Å². The van der Waals surface area contributed by atoms with E-state index in [0.717, 1.165) is 50.7 Å². The van der Waals surface area contributed by atoms with Gasteiger partial charge in [0.1, 0.15) is 0 Å². The quantitative estimate of drug-likeness (QED) is 0.593. The minimum atomic E-state index is -4.35. The number of benzene rings is 1. The van der Waals surface area contributed by atoms with Gasteiger partial charge in [0.05, 0.1) is 18.8 Å². The number of unbranched alkanes of at least 4 members (excludes halogenated alkanes) is 2. The Morgan fingerprint density at radius 1 is 1.18 bits per heavy atom. The molecule has 0 bridgehead atoms. The van der Waals surface area contributed by atoms with Crippen LogP contribution in [-0.4, -0.2) is 43.2 Å². The van der Waals surface area contributed by atoms with Crippen molar-refractivity contribution in [3.63, 3.8) is 0 Å². The zero-order chi connectivity index (χ0) is 24.1. The number of alkyl halides is 3. The van der Waals surface area contributed by atoms with Crippen molar-refractivity contribution in [2.75, 3.05) is 26.3 Å². The van der Waals surface area contributed by atoms with Crippen LogP contribution in [0.1, 0.15) is 76.0 Å². The van der Waals surface area contributed by atoms with Crippen molar-refractivity contribution in [1.29, 1.82) is 0 Å². The smallest absolute Gasteiger partial charge is 0.380 e. The molecule has 7 heteroatoms. The van der Waals surface area contributed by atoms with Crippen molar-refractivity contribution in [2.24, 2.45) is 11.3 Å². The van der Waals surface area contributed by atoms with Crippen molar-refractivity contribution >= 4 is 5.91 Å². The monoisotopic (exact) mass is 468 g/mol. The summed E-state index contributed by atoms with van der Waals surface area (Å²) in [6, 6.07) is 4.23. The second-order valence-corrected chi connectivity index (χ2v) is 10.2. The summed E-state index contributed by atoms with van der Waals surface area (Å²) in [7, 11) is 0. The molecule has 1 aromatic carbocycles. The first-order chi connectivity index (χ1) is 15.6. The van der Waals surface area contributed by atoms with E-state index < -0.39 is 11.7 Å². The number of ether oxygens (including phenoxy) is 1. The molecule has 33 heavy (non-hydrogen) atoms. The van der Waals surface area contributed by atoms with Crippen molar-refractivity contribution in [1.82, 2.24) is 10.2 Å². The summed E-state index contributed by atoms with van der Waals surface area (Å²) in [6.45, 7) is 9.94. The van der Waals surface area contributed by atoms with Crippen LogP contribution in [-0.2, 0) is 28.7 Å². The van der Waals surface area contributed by atoms with Crippen molar-refractivity contribution in [3.05, 3.63) is 34.9 Å². The summed E-state index contributed by atoms with van der Waals surface area (Å²) in [5.74, 6) is 0.0563.